The molecule has 0 saturated carbocycles. The molecule has 0 aliphatic heterocycles. The molecule has 0 saturated heterocycles. The second-order valence-corrected chi connectivity index (χ2v) is 4.87. The van der Waals surface area contributed by atoms with Gasteiger partial charge in [0.2, 0.25) is 11.8 Å². The Bertz CT molecular complexity index is 657. The van der Waals surface area contributed by atoms with Crippen molar-refractivity contribution in [3.63, 3.8) is 0 Å². The number of aromatic nitrogens is 2. The predicted octanol–water partition coefficient (Wildman–Crippen LogP) is 2.08. The van der Waals surface area contributed by atoms with Gasteiger partial charge in [-0.3, -0.25) is 9.69 Å². The Balaban J connectivity index is 2.30. The number of hydrogen-bond donors (Lipinski definition) is 1. The highest BCUT2D eigenvalue weighted by Gasteiger charge is 2.27. The van der Waals surface area contributed by atoms with Gasteiger partial charge in [-0.05, 0) is 37.2 Å². The van der Waals surface area contributed by atoms with E-state index in [1.54, 1.807) is 27.0 Å². The van der Waals surface area contributed by atoms with Crippen LogP contribution >= 0.6 is 0 Å². The maximum absolute atomic E-state index is 13.4. The average Bonchev–Trinajstić information content (AvgIpc) is 2.79. The summed E-state index contributed by atoms with van der Waals surface area (Å²) in [6.07, 6.45) is 0. The van der Waals surface area contributed by atoms with Crippen LogP contribution in [0.25, 0.3) is 0 Å². The summed E-state index contributed by atoms with van der Waals surface area (Å²) in [4.78, 5) is 13.1. The van der Waals surface area contributed by atoms with E-state index in [2.05, 4.69) is 10.2 Å². The number of rotatable bonds is 5. The molecule has 2 aromatic rings. The number of aryl methyl sites for hydroxylation is 2. The van der Waals surface area contributed by atoms with Crippen LogP contribution in [0, 0.1) is 19.7 Å². The summed E-state index contributed by atoms with van der Waals surface area (Å²) < 4.78 is 18.7. The smallest absolute Gasteiger partial charge is 0.325 e. The highest BCUT2D eigenvalue weighted by atomic mass is 19.1. The number of benzene rings is 1. The monoisotopic (exact) mass is 293 g/mol. The molecule has 21 heavy (non-hydrogen) atoms. The van der Waals surface area contributed by atoms with Crippen LogP contribution < -0.4 is 0 Å². The molecule has 1 atom stereocenters. The zero-order valence-corrected chi connectivity index (χ0v) is 12.0. The van der Waals surface area contributed by atoms with E-state index >= 15 is 0 Å². The van der Waals surface area contributed by atoms with E-state index in [-0.39, 0.29) is 6.54 Å². The van der Waals surface area contributed by atoms with Crippen molar-refractivity contribution in [1.82, 2.24) is 15.1 Å². The predicted molar refractivity (Wildman–Crippen MR) is 72.0 cm³/mol. The van der Waals surface area contributed by atoms with Gasteiger partial charge in [-0.25, -0.2) is 4.39 Å². The van der Waals surface area contributed by atoms with E-state index in [0.29, 0.717) is 22.9 Å². The molecule has 0 radical (unpaired) electrons. The number of carbonyl (C=O) groups is 1. The maximum Gasteiger partial charge on any atom is 0.325 e. The number of halogens is 1. The Kier molecular flexibility index (Phi) is 4.32. The second-order valence-electron chi connectivity index (χ2n) is 4.87. The molecule has 0 aliphatic carbocycles. The molecule has 1 heterocycles. The van der Waals surface area contributed by atoms with Crippen molar-refractivity contribution < 1.29 is 18.7 Å². The third-order valence-electron chi connectivity index (χ3n) is 3.16. The topological polar surface area (TPSA) is 79.5 Å². The number of nitrogens with zero attached hydrogens (tertiary/aromatic N) is 3. The van der Waals surface area contributed by atoms with Crippen molar-refractivity contribution in [2.75, 3.05) is 7.05 Å². The zero-order chi connectivity index (χ0) is 15.6. The number of aliphatic carboxylic acids is 1. The number of hydrogen-bond acceptors (Lipinski definition) is 5. The Hall–Kier alpha value is -2.28. The van der Waals surface area contributed by atoms with Crippen LogP contribution in [0.2, 0.25) is 0 Å². The van der Waals surface area contributed by atoms with Gasteiger partial charge in [-0.15, -0.1) is 10.2 Å². The Morgan fingerprint density at radius 2 is 2.14 bits per heavy atom. The van der Waals surface area contributed by atoms with Crippen LogP contribution in [0.3, 0.4) is 0 Å². The summed E-state index contributed by atoms with van der Waals surface area (Å²) in [6.45, 7) is 3.56. The molecule has 1 aromatic heterocycles. The van der Waals surface area contributed by atoms with Crippen molar-refractivity contribution in [2.24, 2.45) is 0 Å². The van der Waals surface area contributed by atoms with Crippen molar-refractivity contribution >= 4 is 5.97 Å². The third kappa shape index (κ3) is 3.43. The van der Waals surface area contributed by atoms with E-state index in [1.165, 1.54) is 17.0 Å². The number of carboxylic acids is 1. The van der Waals surface area contributed by atoms with Gasteiger partial charge in [0.05, 0.1) is 6.54 Å². The van der Waals surface area contributed by atoms with E-state index in [0.717, 1.165) is 0 Å². The van der Waals surface area contributed by atoms with Gasteiger partial charge < -0.3 is 9.52 Å². The van der Waals surface area contributed by atoms with Crippen LogP contribution in [0.5, 0.6) is 0 Å². The van der Waals surface area contributed by atoms with Gasteiger partial charge in [0.25, 0.3) is 0 Å². The van der Waals surface area contributed by atoms with Gasteiger partial charge in [0.15, 0.2) is 0 Å². The van der Waals surface area contributed by atoms with Crippen molar-refractivity contribution in [3.8, 4) is 0 Å². The lowest BCUT2D eigenvalue weighted by Gasteiger charge is -2.24. The summed E-state index contributed by atoms with van der Waals surface area (Å²) in [5, 5.41) is 17.0. The minimum atomic E-state index is -1.07. The number of likely N-dealkylation sites (N-methyl/N-ethyl adjacent to an activating group) is 1. The van der Waals surface area contributed by atoms with Crippen molar-refractivity contribution in [3.05, 3.63) is 46.9 Å². The zero-order valence-electron chi connectivity index (χ0n) is 12.0. The molecule has 112 valence electrons. The molecular weight excluding hydrogens is 277 g/mol. The standard InChI is InChI=1S/C14H16FN3O3/c1-8-4-5-10(15)6-11(8)13(14(19)20)18(3)7-12-17-16-9(2)21-12/h4-6,13H,7H2,1-3H3,(H,19,20)/t13-/m1/s1. The first kappa shape index (κ1) is 15.1. The summed E-state index contributed by atoms with van der Waals surface area (Å²) in [6, 6.07) is 3.11. The van der Waals surface area contributed by atoms with Crippen LogP contribution in [0.4, 0.5) is 4.39 Å². The molecule has 1 N–H and O–H groups in total. The lowest BCUT2D eigenvalue weighted by Crippen LogP contribution is -2.31. The SMILES string of the molecule is Cc1nnc(CN(C)[C@@H](C(=O)O)c2cc(F)ccc2C)o1. The Morgan fingerprint density at radius 3 is 2.71 bits per heavy atom. The molecule has 1 aromatic carbocycles. The van der Waals surface area contributed by atoms with Crippen LogP contribution in [0.1, 0.15) is 29.0 Å². The molecule has 7 heteroatoms. The second kappa shape index (κ2) is 6.01. The van der Waals surface area contributed by atoms with E-state index in [1.807, 2.05) is 0 Å². The lowest BCUT2D eigenvalue weighted by molar-refractivity contribution is -0.143. The lowest BCUT2D eigenvalue weighted by atomic mass is 10.00. The highest BCUT2D eigenvalue weighted by molar-refractivity contribution is 5.76. The Labute approximate surface area is 121 Å². The van der Waals surface area contributed by atoms with Crippen molar-refractivity contribution in [2.45, 2.75) is 26.4 Å². The molecular formula is C14H16FN3O3. The first-order valence-electron chi connectivity index (χ1n) is 6.36. The minimum absolute atomic E-state index is 0.160. The van der Waals surface area contributed by atoms with Gasteiger partial charge >= 0.3 is 5.97 Å². The molecule has 0 spiro atoms. The summed E-state index contributed by atoms with van der Waals surface area (Å²) in [7, 11) is 1.61. The first-order chi connectivity index (χ1) is 9.88. The average molecular weight is 293 g/mol. The van der Waals surface area contributed by atoms with E-state index < -0.39 is 17.8 Å². The third-order valence-corrected chi connectivity index (χ3v) is 3.16. The van der Waals surface area contributed by atoms with Gasteiger partial charge in [0.1, 0.15) is 11.9 Å². The molecule has 0 amide bonds. The fraction of sp³-hybridized carbons (Fsp3) is 0.357. The van der Waals surface area contributed by atoms with Crippen molar-refractivity contribution in [1.29, 1.82) is 0 Å². The quantitative estimate of drug-likeness (QED) is 0.909. The van der Waals surface area contributed by atoms with Gasteiger partial charge in [0, 0.05) is 6.92 Å². The van der Waals surface area contributed by atoms with Crippen LogP contribution in [0.15, 0.2) is 22.6 Å². The summed E-state index contributed by atoms with van der Waals surface area (Å²) in [5.74, 6) is -0.811. The molecule has 0 fully saturated rings. The van der Waals surface area contributed by atoms with E-state index in [4.69, 9.17) is 4.42 Å². The molecule has 0 unspecified atom stereocenters. The largest absolute Gasteiger partial charge is 0.480 e. The fourth-order valence-corrected chi connectivity index (χ4v) is 2.17. The van der Waals surface area contributed by atoms with Gasteiger partial charge in [-0.1, -0.05) is 6.07 Å². The van der Waals surface area contributed by atoms with Crippen LogP contribution in [-0.4, -0.2) is 33.2 Å². The first-order valence-corrected chi connectivity index (χ1v) is 6.36. The minimum Gasteiger partial charge on any atom is -0.480 e. The summed E-state index contributed by atoms with van der Waals surface area (Å²) in [5.41, 5.74) is 1.11. The normalized spacial score (nSPS) is 12.6. The summed E-state index contributed by atoms with van der Waals surface area (Å²) >= 11 is 0. The van der Waals surface area contributed by atoms with E-state index in [9.17, 15) is 14.3 Å². The molecule has 0 bridgehead atoms. The number of carboxylic acid groups (broad SMARTS) is 1. The molecule has 2 rings (SSSR count). The highest BCUT2D eigenvalue weighted by Crippen LogP contribution is 2.25. The molecule has 0 aliphatic rings. The fourth-order valence-electron chi connectivity index (χ4n) is 2.17. The maximum atomic E-state index is 13.4. The Morgan fingerprint density at radius 1 is 1.43 bits per heavy atom. The molecule has 6 nitrogen and oxygen atoms in total. The van der Waals surface area contributed by atoms with Gasteiger partial charge in [-0.2, -0.15) is 0 Å². The van der Waals surface area contributed by atoms with Crippen LogP contribution in [-0.2, 0) is 11.3 Å².